The van der Waals surface area contributed by atoms with E-state index < -0.39 is 0 Å². The van der Waals surface area contributed by atoms with E-state index in [1.54, 1.807) is 11.0 Å². The number of carbonyl (C=O) groups is 1. The summed E-state index contributed by atoms with van der Waals surface area (Å²) in [5.41, 5.74) is 0.889. The van der Waals surface area contributed by atoms with Crippen LogP contribution in [0.4, 0.5) is 0 Å². The van der Waals surface area contributed by atoms with Crippen LogP contribution in [-0.4, -0.2) is 45.1 Å². The van der Waals surface area contributed by atoms with E-state index in [1.807, 2.05) is 19.9 Å². The zero-order valence-corrected chi connectivity index (χ0v) is 12.7. The number of ether oxygens (including phenoxy) is 1. The molecule has 0 radical (unpaired) electrons. The molecule has 0 unspecified atom stereocenters. The van der Waals surface area contributed by atoms with Gasteiger partial charge in [-0.1, -0.05) is 5.16 Å². The first-order valence-electron chi connectivity index (χ1n) is 7.31. The third-order valence-corrected chi connectivity index (χ3v) is 3.61. The van der Waals surface area contributed by atoms with E-state index in [-0.39, 0.29) is 17.8 Å². The van der Waals surface area contributed by atoms with Crippen LogP contribution in [0.2, 0.25) is 0 Å². The van der Waals surface area contributed by atoms with Crippen LogP contribution in [0.5, 0.6) is 5.88 Å². The van der Waals surface area contributed by atoms with Crippen molar-refractivity contribution in [1.29, 1.82) is 0 Å². The first-order valence-corrected chi connectivity index (χ1v) is 7.31. The van der Waals surface area contributed by atoms with E-state index in [0.717, 1.165) is 18.5 Å². The minimum Gasteiger partial charge on any atom is -0.474 e. The van der Waals surface area contributed by atoms with Gasteiger partial charge in [-0.2, -0.15) is 4.98 Å². The Labute approximate surface area is 128 Å². The van der Waals surface area contributed by atoms with Crippen molar-refractivity contribution < 1.29 is 14.1 Å². The van der Waals surface area contributed by atoms with Crippen LogP contribution >= 0.6 is 0 Å². The predicted molar refractivity (Wildman–Crippen MR) is 77.6 cm³/mol. The third-order valence-electron chi connectivity index (χ3n) is 3.61. The van der Waals surface area contributed by atoms with Gasteiger partial charge in [-0.15, -0.1) is 0 Å². The highest BCUT2D eigenvalue weighted by Crippen LogP contribution is 2.19. The number of nitrogens with zero attached hydrogens (tertiary/aromatic N) is 4. The molecule has 3 heterocycles. The van der Waals surface area contributed by atoms with E-state index in [4.69, 9.17) is 9.26 Å². The summed E-state index contributed by atoms with van der Waals surface area (Å²) in [6.45, 7) is 5.03. The Hall–Kier alpha value is -2.44. The summed E-state index contributed by atoms with van der Waals surface area (Å²) in [4.78, 5) is 22.4. The van der Waals surface area contributed by atoms with E-state index in [1.165, 1.54) is 6.20 Å². The van der Waals surface area contributed by atoms with Gasteiger partial charge in [-0.3, -0.25) is 4.79 Å². The summed E-state index contributed by atoms with van der Waals surface area (Å²) in [5, 5.41) is 3.56. The van der Waals surface area contributed by atoms with Gasteiger partial charge in [0.25, 0.3) is 5.91 Å². The Balaban J connectivity index is 1.56. The molecule has 0 atom stereocenters. The summed E-state index contributed by atoms with van der Waals surface area (Å²) in [7, 11) is 0. The fourth-order valence-electron chi connectivity index (χ4n) is 2.57. The molecular weight excluding hydrogens is 284 g/mol. The lowest BCUT2D eigenvalue weighted by Gasteiger charge is -2.31. The number of piperidine rings is 1. The number of aryl methyl sites for hydroxylation is 2. The Morgan fingerprint density at radius 1 is 1.32 bits per heavy atom. The number of hydrogen-bond acceptors (Lipinski definition) is 6. The van der Waals surface area contributed by atoms with Gasteiger partial charge < -0.3 is 14.2 Å². The minimum atomic E-state index is -0.121. The van der Waals surface area contributed by atoms with E-state index in [9.17, 15) is 4.79 Å². The summed E-state index contributed by atoms with van der Waals surface area (Å²) in [5.74, 6) is 1.46. The molecule has 2 aromatic heterocycles. The average molecular weight is 302 g/mol. The molecule has 1 saturated heterocycles. The van der Waals surface area contributed by atoms with Crippen molar-refractivity contribution in [2.45, 2.75) is 32.8 Å². The summed E-state index contributed by atoms with van der Waals surface area (Å²) < 4.78 is 10.8. The van der Waals surface area contributed by atoms with Crippen LogP contribution in [-0.2, 0) is 0 Å². The number of likely N-dealkylation sites (tertiary alicyclic amines) is 1. The van der Waals surface area contributed by atoms with Crippen molar-refractivity contribution in [3.8, 4) is 5.88 Å². The smallest absolute Gasteiger partial charge is 0.292 e. The Morgan fingerprint density at radius 2 is 2.09 bits per heavy atom. The van der Waals surface area contributed by atoms with Crippen molar-refractivity contribution in [3.05, 3.63) is 35.6 Å². The van der Waals surface area contributed by atoms with E-state index in [2.05, 4.69) is 15.1 Å². The van der Waals surface area contributed by atoms with Gasteiger partial charge in [0.1, 0.15) is 11.9 Å². The molecule has 22 heavy (non-hydrogen) atoms. The quantitative estimate of drug-likeness (QED) is 0.859. The lowest BCUT2D eigenvalue weighted by molar-refractivity contribution is 0.0550. The van der Waals surface area contributed by atoms with Gasteiger partial charge in [0.15, 0.2) is 0 Å². The van der Waals surface area contributed by atoms with Gasteiger partial charge in [0.05, 0.1) is 6.20 Å². The average Bonchev–Trinajstić information content (AvgIpc) is 3.00. The molecule has 116 valence electrons. The van der Waals surface area contributed by atoms with Crippen molar-refractivity contribution in [2.24, 2.45) is 0 Å². The van der Waals surface area contributed by atoms with Gasteiger partial charge in [0.2, 0.25) is 11.6 Å². The second-order valence-corrected chi connectivity index (χ2v) is 5.38. The molecule has 0 spiro atoms. The maximum Gasteiger partial charge on any atom is 0.292 e. The molecule has 1 amide bonds. The molecule has 1 aliphatic rings. The Morgan fingerprint density at radius 3 is 2.73 bits per heavy atom. The van der Waals surface area contributed by atoms with Gasteiger partial charge >= 0.3 is 0 Å². The summed E-state index contributed by atoms with van der Waals surface area (Å²) >= 11 is 0. The van der Waals surface area contributed by atoms with Crippen molar-refractivity contribution in [3.63, 3.8) is 0 Å². The number of hydrogen-bond donors (Lipinski definition) is 0. The third kappa shape index (κ3) is 3.24. The number of carbonyl (C=O) groups excluding carboxylic acids is 1. The lowest BCUT2D eigenvalue weighted by atomic mass is 10.1. The SMILES string of the molecule is Cc1cc(OC2CCN(C(=O)c3ccno3)CC2)nc(C)n1. The summed E-state index contributed by atoms with van der Waals surface area (Å²) in [6, 6.07) is 3.41. The van der Waals surface area contributed by atoms with Crippen LogP contribution < -0.4 is 4.74 Å². The van der Waals surface area contributed by atoms with Crippen molar-refractivity contribution in [1.82, 2.24) is 20.0 Å². The van der Waals surface area contributed by atoms with Crippen molar-refractivity contribution >= 4 is 5.91 Å². The zero-order valence-electron chi connectivity index (χ0n) is 12.7. The molecule has 1 fully saturated rings. The largest absolute Gasteiger partial charge is 0.474 e. The van der Waals surface area contributed by atoms with E-state index >= 15 is 0 Å². The van der Waals surface area contributed by atoms with E-state index in [0.29, 0.717) is 24.8 Å². The van der Waals surface area contributed by atoms with Crippen LogP contribution in [0.3, 0.4) is 0 Å². The van der Waals surface area contributed by atoms with Gasteiger partial charge in [0, 0.05) is 43.8 Å². The molecule has 0 saturated carbocycles. The maximum atomic E-state index is 12.1. The first kappa shape index (κ1) is 14.5. The maximum absolute atomic E-state index is 12.1. The molecule has 0 aliphatic carbocycles. The van der Waals surface area contributed by atoms with Crippen LogP contribution in [0, 0.1) is 13.8 Å². The van der Waals surface area contributed by atoms with Gasteiger partial charge in [-0.25, -0.2) is 4.98 Å². The second kappa shape index (κ2) is 6.13. The molecular formula is C15H18N4O3. The molecule has 1 aliphatic heterocycles. The predicted octanol–water partition coefficient (Wildman–Crippen LogP) is 1.77. The first-order chi connectivity index (χ1) is 10.6. The molecule has 3 rings (SSSR count). The van der Waals surface area contributed by atoms with Crippen LogP contribution in [0.25, 0.3) is 0 Å². The molecule has 0 bridgehead atoms. The highest BCUT2D eigenvalue weighted by Gasteiger charge is 2.26. The standard InChI is InChI=1S/C15H18N4O3/c1-10-9-14(18-11(2)17-10)21-12-4-7-19(8-5-12)15(20)13-3-6-16-22-13/h3,6,9,12H,4-5,7-8H2,1-2H3. The molecule has 0 N–H and O–H groups in total. The topological polar surface area (TPSA) is 81.4 Å². The van der Waals surface area contributed by atoms with Crippen LogP contribution in [0.15, 0.2) is 22.9 Å². The van der Waals surface area contributed by atoms with Gasteiger partial charge in [-0.05, 0) is 13.8 Å². The molecule has 2 aromatic rings. The number of aromatic nitrogens is 3. The molecule has 7 nitrogen and oxygen atoms in total. The highest BCUT2D eigenvalue weighted by atomic mass is 16.5. The minimum absolute atomic E-state index is 0.0625. The lowest BCUT2D eigenvalue weighted by Crippen LogP contribution is -2.41. The Kier molecular flexibility index (Phi) is 4.04. The van der Waals surface area contributed by atoms with Crippen molar-refractivity contribution in [2.75, 3.05) is 13.1 Å². The number of amides is 1. The fourth-order valence-corrected chi connectivity index (χ4v) is 2.57. The second-order valence-electron chi connectivity index (χ2n) is 5.38. The fraction of sp³-hybridized carbons (Fsp3) is 0.467. The van der Waals surface area contributed by atoms with Crippen LogP contribution in [0.1, 0.15) is 34.9 Å². The molecule has 7 heteroatoms. The normalized spacial score (nSPS) is 15.8. The summed E-state index contributed by atoms with van der Waals surface area (Å²) in [6.07, 6.45) is 3.07. The number of rotatable bonds is 3. The zero-order chi connectivity index (χ0) is 15.5. The monoisotopic (exact) mass is 302 g/mol. The Bertz CT molecular complexity index is 629. The molecule has 0 aromatic carbocycles. The highest BCUT2D eigenvalue weighted by molar-refractivity contribution is 5.91.